The molecule has 0 aromatic heterocycles. The van der Waals surface area contributed by atoms with Crippen LogP contribution in [0.1, 0.15) is 74.1 Å². The Morgan fingerprint density at radius 2 is 1.62 bits per heavy atom. The minimum absolute atomic E-state index is 0.0621. The standard InChI is InChI=1S/C28H30O12/c1-10-21(30)16(37-4)9-17(39-10)40-25-20-14(26(34)28(2,35)27(25)38-5)8-13-19(24(20)33)23(32)18-12(22(13)31)6-11(36-3)7-15(18)29/h6-8,10,16-17,21,25,27,29-30,33,35H,9H2,1-5H3. The van der Waals surface area contributed by atoms with E-state index in [0.29, 0.717) is 0 Å². The number of phenols is 2. The lowest BCUT2D eigenvalue weighted by atomic mass is 9.72. The Hall–Kier alpha value is -3.39. The molecule has 5 rings (SSSR count). The van der Waals surface area contributed by atoms with Gasteiger partial charge in [-0.1, -0.05) is 0 Å². The van der Waals surface area contributed by atoms with Crippen molar-refractivity contribution in [1.82, 2.24) is 0 Å². The van der Waals surface area contributed by atoms with Crippen LogP contribution in [-0.2, 0) is 18.9 Å². The fourth-order valence-electron chi connectivity index (χ4n) is 5.81. The van der Waals surface area contributed by atoms with E-state index in [4.69, 9.17) is 23.7 Å². The van der Waals surface area contributed by atoms with E-state index in [1.807, 2.05) is 0 Å². The SMILES string of the molecule is COc1cc(O)c2c(c1)C(=O)c1cc3c(c(O)c1C2=O)C(OC1CC(OC)C(O)C(C)O1)C(OC)C(C)(O)C3=O. The van der Waals surface area contributed by atoms with Crippen LogP contribution in [-0.4, -0.2) is 95.4 Å². The number of ether oxygens (including phenoxy) is 5. The van der Waals surface area contributed by atoms with Gasteiger partial charge in [-0.3, -0.25) is 14.4 Å². The molecule has 3 aliphatic rings. The average Bonchev–Trinajstić information content (AvgIpc) is 2.91. The Balaban J connectivity index is 1.68. The maximum Gasteiger partial charge on any atom is 0.201 e. The maximum atomic E-state index is 13.6. The van der Waals surface area contributed by atoms with Gasteiger partial charge in [0.15, 0.2) is 23.5 Å². The van der Waals surface area contributed by atoms with Crippen molar-refractivity contribution in [3.8, 4) is 17.2 Å². The number of Topliss-reactive ketones (excluding diaryl/α,β-unsaturated/α-hetero) is 1. The number of aliphatic hydroxyl groups is 2. The molecule has 2 aromatic carbocycles. The van der Waals surface area contributed by atoms with Gasteiger partial charge in [0.2, 0.25) is 5.78 Å². The highest BCUT2D eigenvalue weighted by Crippen LogP contribution is 2.49. The van der Waals surface area contributed by atoms with E-state index in [9.17, 15) is 34.8 Å². The van der Waals surface area contributed by atoms with Crippen LogP contribution in [0.4, 0.5) is 0 Å². The molecule has 0 spiro atoms. The molecule has 1 fully saturated rings. The first-order chi connectivity index (χ1) is 18.9. The molecule has 0 radical (unpaired) electrons. The third-order valence-corrected chi connectivity index (χ3v) is 7.94. The van der Waals surface area contributed by atoms with Gasteiger partial charge in [0.1, 0.15) is 35.6 Å². The summed E-state index contributed by atoms with van der Waals surface area (Å²) in [6, 6.07) is 3.58. The minimum Gasteiger partial charge on any atom is -0.507 e. The first-order valence-electron chi connectivity index (χ1n) is 12.6. The number of phenolic OH excluding ortho intramolecular Hbond substituents is 2. The Bertz CT molecular complexity index is 1410. The highest BCUT2D eigenvalue weighted by molar-refractivity contribution is 6.31. The molecular weight excluding hydrogens is 528 g/mol. The number of carbonyl (C=O) groups excluding carboxylic acids is 3. The van der Waals surface area contributed by atoms with Gasteiger partial charge in [-0.2, -0.15) is 0 Å². The van der Waals surface area contributed by atoms with Crippen molar-refractivity contribution in [2.45, 2.75) is 62.7 Å². The van der Waals surface area contributed by atoms with Gasteiger partial charge >= 0.3 is 0 Å². The summed E-state index contributed by atoms with van der Waals surface area (Å²) in [6.07, 6.45) is -6.02. The molecule has 2 aliphatic carbocycles. The van der Waals surface area contributed by atoms with Crippen LogP contribution in [0, 0.1) is 0 Å². The molecule has 0 bridgehead atoms. The minimum atomic E-state index is -2.17. The highest BCUT2D eigenvalue weighted by atomic mass is 16.7. The first kappa shape index (κ1) is 28.1. The van der Waals surface area contributed by atoms with E-state index in [-0.39, 0.29) is 40.0 Å². The van der Waals surface area contributed by atoms with Crippen LogP contribution in [0.3, 0.4) is 0 Å². The summed E-state index contributed by atoms with van der Waals surface area (Å²) < 4.78 is 27.9. The van der Waals surface area contributed by atoms with Crippen molar-refractivity contribution < 1.29 is 58.5 Å². The molecular formula is C28H30O12. The van der Waals surface area contributed by atoms with E-state index < -0.39 is 76.8 Å². The number of aliphatic hydroxyl groups excluding tert-OH is 1. The third-order valence-electron chi connectivity index (χ3n) is 7.94. The van der Waals surface area contributed by atoms with E-state index in [0.717, 1.165) is 6.07 Å². The zero-order valence-corrected chi connectivity index (χ0v) is 22.5. The first-order valence-corrected chi connectivity index (χ1v) is 12.6. The summed E-state index contributed by atoms with van der Waals surface area (Å²) in [6.45, 7) is 2.84. The van der Waals surface area contributed by atoms with Crippen molar-refractivity contribution in [3.63, 3.8) is 0 Å². The third kappa shape index (κ3) is 4.02. The lowest BCUT2D eigenvalue weighted by Crippen LogP contribution is -2.56. The number of benzene rings is 2. The molecule has 2 aromatic rings. The molecule has 1 heterocycles. The van der Waals surface area contributed by atoms with E-state index in [2.05, 4.69) is 0 Å². The summed E-state index contributed by atoms with van der Waals surface area (Å²) in [7, 11) is 3.99. The highest BCUT2D eigenvalue weighted by Gasteiger charge is 2.55. The summed E-state index contributed by atoms with van der Waals surface area (Å²) >= 11 is 0. The van der Waals surface area contributed by atoms with Crippen LogP contribution in [0.2, 0.25) is 0 Å². The van der Waals surface area contributed by atoms with Gasteiger partial charge in [-0.05, 0) is 26.0 Å². The quantitative estimate of drug-likeness (QED) is 0.354. The number of hydrogen-bond donors (Lipinski definition) is 4. The van der Waals surface area contributed by atoms with Crippen molar-refractivity contribution >= 4 is 17.3 Å². The zero-order valence-electron chi connectivity index (χ0n) is 22.5. The van der Waals surface area contributed by atoms with Crippen LogP contribution >= 0.6 is 0 Å². The number of rotatable bonds is 5. The van der Waals surface area contributed by atoms with Gasteiger partial charge in [0, 0.05) is 49.0 Å². The smallest absolute Gasteiger partial charge is 0.201 e. The zero-order chi connectivity index (χ0) is 29.3. The van der Waals surface area contributed by atoms with Crippen molar-refractivity contribution in [1.29, 1.82) is 0 Å². The van der Waals surface area contributed by atoms with E-state index >= 15 is 0 Å². The molecule has 1 saturated heterocycles. The van der Waals surface area contributed by atoms with Crippen LogP contribution in [0.25, 0.3) is 0 Å². The second kappa shape index (κ2) is 9.91. The summed E-state index contributed by atoms with van der Waals surface area (Å²) in [4.78, 5) is 40.7. The molecule has 0 amide bonds. The monoisotopic (exact) mass is 558 g/mol. The molecule has 12 nitrogen and oxygen atoms in total. The van der Waals surface area contributed by atoms with Crippen molar-refractivity contribution in [3.05, 3.63) is 51.6 Å². The van der Waals surface area contributed by atoms with Gasteiger partial charge < -0.3 is 44.1 Å². The lowest BCUT2D eigenvalue weighted by Gasteiger charge is -2.44. The number of carbonyl (C=O) groups is 3. The number of ketones is 3. The topological polar surface area (TPSA) is 178 Å². The Morgan fingerprint density at radius 1 is 0.950 bits per heavy atom. The lowest BCUT2D eigenvalue weighted by molar-refractivity contribution is -0.281. The molecule has 12 heteroatoms. The van der Waals surface area contributed by atoms with Gasteiger partial charge in [0.25, 0.3) is 0 Å². The molecule has 214 valence electrons. The predicted molar refractivity (Wildman–Crippen MR) is 135 cm³/mol. The summed E-state index contributed by atoms with van der Waals surface area (Å²) in [5, 5.41) is 43.7. The van der Waals surface area contributed by atoms with Crippen LogP contribution in [0.15, 0.2) is 18.2 Å². The van der Waals surface area contributed by atoms with Gasteiger partial charge in [-0.25, -0.2) is 0 Å². The average molecular weight is 559 g/mol. The second-order valence-electron chi connectivity index (χ2n) is 10.3. The Kier molecular flexibility index (Phi) is 6.97. The van der Waals surface area contributed by atoms with Gasteiger partial charge in [-0.15, -0.1) is 0 Å². The summed E-state index contributed by atoms with van der Waals surface area (Å²) in [5.41, 5.74) is -3.82. The number of aromatic hydroxyl groups is 2. The molecule has 4 N–H and O–H groups in total. The number of methoxy groups -OCH3 is 3. The number of fused-ring (bicyclic) bond motifs is 3. The largest absolute Gasteiger partial charge is 0.507 e. The normalized spacial score (nSPS) is 31.4. The Morgan fingerprint density at radius 3 is 2.25 bits per heavy atom. The molecule has 0 saturated carbocycles. The molecule has 7 atom stereocenters. The van der Waals surface area contributed by atoms with Crippen LogP contribution < -0.4 is 4.74 Å². The summed E-state index contributed by atoms with van der Waals surface area (Å²) in [5.74, 6) is -3.58. The molecule has 1 aliphatic heterocycles. The molecule has 7 unspecified atom stereocenters. The predicted octanol–water partition coefficient (Wildman–Crippen LogP) is 1.41. The van der Waals surface area contributed by atoms with Crippen LogP contribution in [0.5, 0.6) is 17.2 Å². The Labute approximate surface area is 229 Å². The molecule has 40 heavy (non-hydrogen) atoms. The fourth-order valence-corrected chi connectivity index (χ4v) is 5.81. The number of hydrogen-bond acceptors (Lipinski definition) is 12. The van der Waals surface area contributed by atoms with Gasteiger partial charge in [0.05, 0.1) is 30.4 Å². The van der Waals surface area contributed by atoms with E-state index in [1.54, 1.807) is 6.92 Å². The van der Waals surface area contributed by atoms with E-state index in [1.165, 1.54) is 40.4 Å². The van der Waals surface area contributed by atoms with Crippen molar-refractivity contribution in [2.75, 3.05) is 21.3 Å². The fraction of sp³-hybridized carbons (Fsp3) is 0.464. The second-order valence-corrected chi connectivity index (χ2v) is 10.3. The van der Waals surface area contributed by atoms with Crippen molar-refractivity contribution in [2.24, 2.45) is 0 Å². The maximum absolute atomic E-state index is 13.6.